The van der Waals surface area contributed by atoms with Gasteiger partial charge in [0.1, 0.15) is 18.2 Å². The van der Waals surface area contributed by atoms with Gasteiger partial charge in [-0.05, 0) is 27.7 Å². The van der Waals surface area contributed by atoms with E-state index in [4.69, 9.17) is 4.79 Å². The minimum atomic E-state index is -0.245. The Hall–Kier alpha value is -4.74. The predicted octanol–water partition coefficient (Wildman–Crippen LogP) is 1.99. The van der Waals surface area contributed by atoms with E-state index in [0.717, 1.165) is 0 Å². The van der Waals surface area contributed by atoms with Crippen molar-refractivity contribution >= 4 is 59.4 Å². The van der Waals surface area contributed by atoms with Gasteiger partial charge < -0.3 is 49.8 Å². The average molecular weight is 749 g/mol. The number of carbonyl (C=O) groups is 10. The monoisotopic (exact) mass is 749 g/mol. The van der Waals surface area contributed by atoms with Gasteiger partial charge >= 0.3 is 17.9 Å². The molecule has 0 aliphatic rings. The summed E-state index contributed by atoms with van der Waals surface area (Å²) < 4.78 is 16.8. The van der Waals surface area contributed by atoms with Gasteiger partial charge in [0, 0.05) is 82.8 Å². The van der Waals surface area contributed by atoms with Crippen molar-refractivity contribution in [1.29, 1.82) is 0 Å². The molecule has 0 radical (unpaired) electrons. The summed E-state index contributed by atoms with van der Waals surface area (Å²) in [6.07, 6.45) is 1.87. The number of amides is 4. The van der Waals surface area contributed by atoms with Crippen LogP contribution in [0.15, 0.2) is 0 Å². The molecule has 0 aromatic rings. The highest BCUT2D eigenvalue weighted by Gasteiger charge is 1.85. The van der Waals surface area contributed by atoms with Crippen molar-refractivity contribution in [1.82, 2.24) is 21.3 Å². The van der Waals surface area contributed by atoms with Crippen molar-refractivity contribution in [2.45, 2.75) is 96.4 Å². The number of Topliss-reactive ketones (excluding diaryl/α,β-unsaturated/α-hetero) is 3. The first-order valence-electron chi connectivity index (χ1n) is 14.6. The second-order valence-corrected chi connectivity index (χ2v) is 8.23. The van der Waals surface area contributed by atoms with Crippen molar-refractivity contribution in [2.75, 3.05) is 63.2 Å². The number of esters is 3. The fourth-order valence-electron chi connectivity index (χ4n) is 0.380. The molecule has 0 saturated carbocycles. The zero-order valence-electron chi connectivity index (χ0n) is 33.9. The Labute approximate surface area is 307 Å². The molecule has 0 rings (SSSR count). The summed E-state index contributed by atoms with van der Waals surface area (Å²) >= 11 is 0. The lowest BCUT2D eigenvalue weighted by molar-refractivity contribution is -0.138. The number of hydrogen-bond acceptors (Lipinski definition) is 14. The van der Waals surface area contributed by atoms with Gasteiger partial charge in [-0.3, -0.25) is 38.4 Å². The van der Waals surface area contributed by atoms with Crippen LogP contribution < -0.4 is 21.3 Å². The smallest absolute Gasteiger partial charge is 0.302 e. The fraction of sp³-hybridized carbons (Fsp3) is 0.697. The molecule has 0 aliphatic carbocycles. The molecular weight excluding hydrogens is 676 g/mol. The first-order chi connectivity index (χ1) is 22.8. The molecule has 18 heteroatoms. The number of carbonyl (C=O) groups excluding carboxylic acids is 10. The molecule has 0 atom stereocenters. The van der Waals surface area contributed by atoms with Gasteiger partial charge in [-0.25, -0.2) is 0 Å². The Balaban J connectivity index is -0.0000000387. The van der Waals surface area contributed by atoms with E-state index in [9.17, 15) is 43.2 Å². The van der Waals surface area contributed by atoms with E-state index in [1.165, 1.54) is 83.8 Å². The van der Waals surface area contributed by atoms with E-state index >= 15 is 0 Å². The number of ketones is 3. The zero-order chi connectivity index (χ0) is 42.7. The quantitative estimate of drug-likeness (QED) is 0.178. The summed E-state index contributed by atoms with van der Waals surface area (Å²) in [5.74, 6) is -0.146. The van der Waals surface area contributed by atoms with Crippen molar-refractivity contribution in [2.24, 2.45) is 0 Å². The van der Waals surface area contributed by atoms with Gasteiger partial charge in [-0.2, -0.15) is 0 Å². The lowest BCUT2D eigenvalue weighted by Crippen LogP contribution is -2.15. The maximum Gasteiger partial charge on any atom is 0.302 e. The van der Waals surface area contributed by atoms with E-state index in [1.807, 2.05) is 13.8 Å². The Bertz CT molecular complexity index is 733. The number of ether oxygens (including phenoxy) is 4. The Morgan fingerprint density at radius 3 is 0.706 bits per heavy atom. The highest BCUT2D eigenvalue weighted by atomic mass is 16.5. The first-order valence-corrected chi connectivity index (χ1v) is 14.6. The van der Waals surface area contributed by atoms with Crippen LogP contribution in [-0.2, 0) is 66.9 Å². The van der Waals surface area contributed by atoms with Crippen LogP contribution in [0.1, 0.15) is 96.4 Å². The third-order valence-electron chi connectivity index (χ3n) is 3.13. The van der Waals surface area contributed by atoms with Crippen molar-refractivity contribution < 1.29 is 66.9 Å². The van der Waals surface area contributed by atoms with Gasteiger partial charge in [-0.15, -0.1) is 0 Å². The summed E-state index contributed by atoms with van der Waals surface area (Å²) in [7, 11) is 11.9. The maximum absolute atomic E-state index is 10.1. The van der Waals surface area contributed by atoms with E-state index in [2.05, 4.69) is 40.2 Å². The number of methoxy groups -OCH3 is 4. The largest absolute Gasteiger partial charge is 0.469 e. The third-order valence-corrected chi connectivity index (χ3v) is 3.13. The van der Waals surface area contributed by atoms with Crippen molar-refractivity contribution in [3.05, 3.63) is 0 Å². The summed E-state index contributed by atoms with van der Waals surface area (Å²) in [5.41, 5.74) is 0. The SMILES string of the molecule is C.CC(C)=O.CCC(=O)NC.CCC(C)=O.CNC(C)=O.CNC(C)=O.CNC=O.COC(C)=O.COC(C)=O.COC(C)=O.COCC(C)=O. The third kappa shape index (κ3) is 364. The standard InChI is InChI=1S/C4H9NO.C4H8O2.C4H8O.2C3H7NO.3C3H6O2.C3H6O.C2H5NO.CH4/c1-3-4(6)5-2;1-4(5)3-6-2;1-3-4(2)5;2*1-3(5)4-2;3*1-3(4)5-2;1-3(2)4;1-3-2-4;/h3H2,1-2H3,(H,5,6);3H2,1-2H3;3H2,1-2H3;2*1-2H3,(H,4,5);3*1-2H3;1-2H3;2H,1H3,(H,3,4);1H4. The molecule has 4 N–H and O–H groups in total. The van der Waals surface area contributed by atoms with Crippen LogP contribution in [0.4, 0.5) is 0 Å². The predicted molar refractivity (Wildman–Crippen MR) is 199 cm³/mol. The van der Waals surface area contributed by atoms with E-state index in [1.54, 1.807) is 35.1 Å². The molecule has 0 bridgehead atoms. The van der Waals surface area contributed by atoms with Crippen LogP contribution in [0.25, 0.3) is 0 Å². The fourth-order valence-corrected chi connectivity index (χ4v) is 0.380. The second kappa shape index (κ2) is 75.5. The molecule has 308 valence electrons. The van der Waals surface area contributed by atoms with Crippen molar-refractivity contribution in [3.63, 3.8) is 0 Å². The molecule has 0 spiro atoms. The van der Waals surface area contributed by atoms with E-state index < -0.39 is 0 Å². The molecule has 0 saturated heterocycles. The molecule has 0 aromatic carbocycles. The van der Waals surface area contributed by atoms with E-state index in [-0.39, 0.29) is 67.0 Å². The molecule has 51 heavy (non-hydrogen) atoms. The first kappa shape index (κ1) is 76.2. The highest BCUT2D eigenvalue weighted by Crippen LogP contribution is 1.71. The maximum atomic E-state index is 10.1. The topological polar surface area (TPSA) is 256 Å². The van der Waals surface area contributed by atoms with E-state index in [0.29, 0.717) is 19.3 Å². The van der Waals surface area contributed by atoms with Gasteiger partial charge in [0.25, 0.3) is 0 Å². The molecule has 0 fully saturated rings. The zero-order valence-corrected chi connectivity index (χ0v) is 33.9. The minimum Gasteiger partial charge on any atom is -0.469 e. The summed E-state index contributed by atoms with van der Waals surface area (Å²) in [4.78, 5) is 96.5. The highest BCUT2D eigenvalue weighted by molar-refractivity contribution is 5.76. The normalized spacial score (nSPS) is 6.88. The van der Waals surface area contributed by atoms with Gasteiger partial charge in [-0.1, -0.05) is 21.3 Å². The van der Waals surface area contributed by atoms with Crippen LogP contribution in [0.5, 0.6) is 0 Å². The second-order valence-electron chi connectivity index (χ2n) is 8.23. The van der Waals surface area contributed by atoms with Crippen LogP contribution in [0, 0.1) is 0 Å². The van der Waals surface area contributed by atoms with Gasteiger partial charge in [0.05, 0.1) is 21.3 Å². The van der Waals surface area contributed by atoms with Crippen molar-refractivity contribution in [3.8, 4) is 0 Å². The van der Waals surface area contributed by atoms with Crippen LogP contribution in [0.2, 0.25) is 0 Å². The average Bonchev–Trinajstić information content (AvgIpc) is 3.05. The summed E-state index contributed by atoms with van der Waals surface area (Å²) in [5, 5.41) is 9.50. The molecule has 0 aromatic heterocycles. The minimum absolute atomic E-state index is 0. The van der Waals surface area contributed by atoms with Crippen LogP contribution in [-0.4, -0.2) is 123 Å². The molecule has 0 unspecified atom stereocenters. The Kier molecular flexibility index (Phi) is 113. The molecule has 4 amide bonds. The lowest BCUT2D eigenvalue weighted by Gasteiger charge is -1.87. The van der Waals surface area contributed by atoms with Crippen LogP contribution in [0.3, 0.4) is 0 Å². The number of rotatable bonds is 5. The Morgan fingerprint density at radius 2 is 0.706 bits per heavy atom. The molecule has 0 heterocycles. The molecular formula is C33H72N4O14. The number of hydrogen-bond donors (Lipinski definition) is 4. The molecule has 18 nitrogen and oxygen atoms in total. The summed E-state index contributed by atoms with van der Waals surface area (Å²) in [6, 6.07) is 0. The Morgan fingerprint density at radius 1 is 0.510 bits per heavy atom. The van der Waals surface area contributed by atoms with Gasteiger partial charge in [0.2, 0.25) is 24.1 Å². The summed E-state index contributed by atoms with van der Waals surface area (Å²) in [6.45, 7) is 17.1. The molecule has 0 aliphatic heterocycles. The lowest BCUT2D eigenvalue weighted by atomic mass is 10.4. The van der Waals surface area contributed by atoms with Crippen LogP contribution >= 0.6 is 0 Å². The van der Waals surface area contributed by atoms with Gasteiger partial charge in [0.15, 0.2) is 5.78 Å². The number of nitrogens with one attached hydrogen (secondary N) is 4.